The second-order valence-corrected chi connectivity index (χ2v) is 5.73. The Balaban J connectivity index is 2.56. The summed E-state index contributed by atoms with van der Waals surface area (Å²) in [6.07, 6.45) is 1.89. The van der Waals surface area contributed by atoms with Crippen LogP contribution in [-0.4, -0.2) is 17.1 Å². The molecule has 0 atom stereocenters. The molecule has 1 heterocycles. The van der Waals surface area contributed by atoms with Crippen molar-refractivity contribution in [2.45, 2.75) is 26.2 Å². The first kappa shape index (κ1) is 12.9. The van der Waals surface area contributed by atoms with E-state index in [9.17, 15) is 0 Å². The number of hydrogen-bond donors (Lipinski definition) is 2. The summed E-state index contributed by atoms with van der Waals surface area (Å²) in [7, 11) is 1.70. The van der Waals surface area contributed by atoms with E-state index in [-0.39, 0.29) is 5.41 Å². The number of hydrogen-bond acceptors (Lipinski definition) is 2. The highest BCUT2D eigenvalue weighted by molar-refractivity contribution is 7.71. The van der Waals surface area contributed by atoms with Crippen molar-refractivity contribution in [1.82, 2.24) is 9.97 Å². The molecule has 0 spiro atoms. The molecule has 0 aliphatic carbocycles. The molecular weight excluding hydrogens is 244 g/mol. The van der Waals surface area contributed by atoms with Crippen molar-refractivity contribution in [2.75, 3.05) is 7.11 Å². The Hall–Kier alpha value is -1.55. The third-order valence-corrected chi connectivity index (χ3v) is 3.13. The van der Waals surface area contributed by atoms with E-state index in [2.05, 4.69) is 36.8 Å². The van der Waals surface area contributed by atoms with Gasteiger partial charge in [-0.2, -0.15) is 0 Å². The maximum Gasteiger partial charge on any atom is 0.174 e. The Morgan fingerprint density at radius 2 is 1.94 bits per heavy atom. The van der Waals surface area contributed by atoms with Crippen molar-refractivity contribution < 1.29 is 4.74 Å². The third kappa shape index (κ3) is 2.48. The van der Waals surface area contributed by atoms with Crippen LogP contribution in [0.4, 0.5) is 0 Å². The summed E-state index contributed by atoms with van der Waals surface area (Å²) in [6.45, 7) is 6.52. The highest BCUT2D eigenvalue weighted by Gasteiger charge is 2.19. The van der Waals surface area contributed by atoms with E-state index in [1.807, 2.05) is 18.3 Å². The average Bonchev–Trinajstić information content (AvgIpc) is 2.74. The van der Waals surface area contributed by atoms with Crippen LogP contribution in [-0.2, 0) is 5.41 Å². The van der Waals surface area contributed by atoms with E-state index in [4.69, 9.17) is 17.0 Å². The molecule has 2 rings (SSSR count). The largest absolute Gasteiger partial charge is 0.496 e. The van der Waals surface area contributed by atoms with Gasteiger partial charge in [0.2, 0.25) is 0 Å². The predicted octanol–water partition coefficient (Wildman–Crippen LogP) is 4.05. The van der Waals surface area contributed by atoms with E-state index in [1.54, 1.807) is 7.11 Å². The SMILES string of the molecule is COc1ccc(-c2c[nH]c(=S)[nH]2)cc1C(C)(C)C. The van der Waals surface area contributed by atoms with Crippen LogP contribution >= 0.6 is 12.2 Å². The molecule has 0 aliphatic heterocycles. The first-order chi connectivity index (χ1) is 8.41. The van der Waals surface area contributed by atoms with Crippen LogP contribution in [0.1, 0.15) is 26.3 Å². The summed E-state index contributed by atoms with van der Waals surface area (Å²) < 4.78 is 6.07. The van der Waals surface area contributed by atoms with Crippen LogP contribution in [0, 0.1) is 4.77 Å². The Labute approximate surface area is 112 Å². The zero-order valence-electron chi connectivity index (χ0n) is 11.1. The van der Waals surface area contributed by atoms with Crippen molar-refractivity contribution in [3.8, 4) is 17.0 Å². The van der Waals surface area contributed by atoms with Crippen LogP contribution in [0.15, 0.2) is 24.4 Å². The minimum atomic E-state index is 0.0362. The summed E-state index contributed by atoms with van der Waals surface area (Å²) in [5.41, 5.74) is 3.32. The molecule has 96 valence electrons. The molecule has 4 heteroatoms. The van der Waals surface area contributed by atoms with Crippen molar-refractivity contribution >= 4 is 12.2 Å². The van der Waals surface area contributed by atoms with E-state index < -0.39 is 0 Å². The van der Waals surface area contributed by atoms with E-state index in [1.165, 1.54) is 5.56 Å². The second-order valence-electron chi connectivity index (χ2n) is 5.32. The topological polar surface area (TPSA) is 40.8 Å². The van der Waals surface area contributed by atoms with Gasteiger partial charge >= 0.3 is 0 Å². The standard InChI is InChI=1S/C14H18N2OS/c1-14(2,3)10-7-9(5-6-12(10)17-4)11-8-15-13(18)16-11/h5-8H,1-4H3,(H2,15,16,18). The number of aromatic amines is 2. The molecule has 0 fully saturated rings. The quantitative estimate of drug-likeness (QED) is 0.802. The van der Waals surface area contributed by atoms with Crippen molar-refractivity contribution in [1.29, 1.82) is 0 Å². The first-order valence-electron chi connectivity index (χ1n) is 5.88. The molecule has 0 radical (unpaired) electrons. The Morgan fingerprint density at radius 3 is 2.44 bits per heavy atom. The molecule has 0 aliphatic rings. The van der Waals surface area contributed by atoms with E-state index >= 15 is 0 Å². The molecule has 1 aromatic carbocycles. The van der Waals surface area contributed by atoms with Gasteiger partial charge in [0, 0.05) is 17.3 Å². The van der Waals surface area contributed by atoms with Crippen LogP contribution in [0.5, 0.6) is 5.75 Å². The normalized spacial score (nSPS) is 11.6. The maximum absolute atomic E-state index is 5.43. The number of H-pyrrole nitrogens is 2. The lowest BCUT2D eigenvalue weighted by atomic mass is 9.85. The number of aromatic nitrogens is 2. The minimum absolute atomic E-state index is 0.0362. The lowest BCUT2D eigenvalue weighted by molar-refractivity contribution is 0.397. The molecule has 0 unspecified atom stereocenters. The van der Waals surface area contributed by atoms with Gasteiger partial charge in [-0.05, 0) is 35.8 Å². The Morgan fingerprint density at radius 1 is 1.22 bits per heavy atom. The van der Waals surface area contributed by atoms with Gasteiger partial charge in [0.15, 0.2) is 4.77 Å². The van der Waals surface area contributed by atoms with Gasteiger partial charge in [0.25, 0.3) is 0 Å². The number of nitrogens with one attached hydrogen (secondary N) is 2. The highest BCUT2D eigenvalue weighted by atomic mass is 32.1. The molecule has 2 aromatic rings. The van der Waals surface area contributed by atoms with Gasteiger partial charge in [-0.1, -0.05) is 20.8 Å². The molecule has 3 nitrogen and oxygen atoms in total. The van der Waals surface area contributed by atoms with Gasteiger partial charge in [-0.3, -0.25) is 0 Å². The first-order valence-corrected chi connectivity index (χ1v) is 6.29. The van der Waals surface area contributed by atoms with Crippen LogP contribution in [0.2, 0.25) is 0 Å². The number of rotatable bonds is 2. The number of methoxy groups -OCH3 is 1. The van der Waals surface area contributed by atoms with Gasteiger partial charge in [-0.25, -0.2) is 0 Å². The van der Waals surface area contributed by atoms with E-state index in [0.29, 0.717) is 4.77 Å². The Bertz CT molecular complexity index is 605. The fourth-order valence-electron chi connectivity index (χ4n) is 1.95. The third-order valence-electron chi connectivity index (χ3n) is 2.91. The minimum Gasteiger partial charge on any atom is -0.496 e. The summed E-state index contributed by atoms with van der Waals surface area (Å²) in [4.78, 5) is 6.11. The molecule has 0 amide bonds. The number of ether oxygens (including phenoxy) is 1. The highest BCUT2D eigenvalue weighted by Crippen LogP contribution is 2.34. The number of benzene rings is 1. The summed E-state index contributed by atoms with van der Waals surface area (Å²) in [5.74, 6) is 0.917. The molecule has 1 aromatic heterocycles. The lowest BCUT2D eigenvalue weighted by Gasteiger charge is -2.22. The fraction of sp³-hybridized carbons (Fsp3) is 0.357. The van der Waals surface area contributed by atoms with Crippen LogP contribution in [0.3, 0.4) is 0 Å². The van der Waals surface area contributed by atoms with Gasteiger partial charge in [-0.15, -0.1) is 0 Å². The molecule has 0 bridgehead atoms. The summed E-state index contributed by atoms with van der Waals surface area (Å²) in [6, 6.07) is 6.18. The summed E-state index contributed by atoms with van der Waals surface area (Å²) >= 11 is 5.05. The van der Waals surface area contributed by atoms with Crippen molar-refractivity contribution in [3.63, 3.8) is 0 Å². The molecular formula is C14H18N2OS. The van der Waals surface area contributed by atoms with Gasteiger partial charge < -0.3 is 14.7 Å². The van der Waals surface area contributed by atoms with Crippen LogP contribution < -0.4 is 4.74 Å². The van der Waals surface area contributed by atoms with Crippen molar-refractivity contribution in [2.24, 2.45) is 0 Å². The Kier molecular flexibility index (Phi) is 3.30. The predicted molar refractivity (Wildman–Crippen MR) is 76.7 cm³/mol. The van der Waals surface area contributed by atoms with Gasteiger partial charge in [0.1, 0.15) is 5.75 Å². The summed E-state index contributed by atoms with van der Waals surface area (Å²) in [5, 5.41) is 0. The molecule has 2 N–H and O–H groups in total. The molecule has 0 saturated carbocycles. The molecule has 0 saturated heterocycles. The van der Waals surface area contributed by atoms with Crippen molar-refractivity contribution in [3.05, 3.63) is 34.7 Å². The second kappa shape index (κ2) is 4.61. The van der Waals surface area contributed by atoms with E-state index in [0.717, 1.165) is 17.0 Å². The zero-order valence-corrected chi connectivity index (χ0v) is 11.9. The molecule has 18 heavy (non-hydrogen) atoms. The lowest BCUT2D eigenvalue weighted by Crippen LogP contribution is -2.12. The average molecular weight is 262 g/mol. The monoisotopic (exact) mass is 262 g/mol. The van der Waals surface area contributed by atoms with Gasteiger partial charge in [0.05, 0.1) is 12.8 Å². The van der Waals surface area contributed by atoms with Crippen LogP contribution in [0.25, 0.3) is 11.3 Å². The smallest absolute Gasteiger partial charge is 0.174 e. The maximum atomic E-state index is 5.43. The number of imidazole rings is 1. The zero-order chi connectivity index (χ0) is 13.3. The fourth-order valence-corrected chi connectivity index (χ4v) is 2.12.